The Kier molecular flexibility index (Phi) is 4.76. The Balaban J connectivity index is 1.72. The van der Waals surface area contributed by atoms with Crippen molar-refractivity contribution < 1.29 is 9.53 Å². The van der Waals surface area contributed by atoms with Crippen molar-refractivity contribution in [2.24, 2.45) is 5.92 Å². The molecule has 4 heteroatoms. The van der Waals surface area contributed by atoms with Crippen LogP contribution in [0.25, 0.3) is 0 Å². The molecule has 2 heterocycles. The van der Waals surface area contributed by atoms with Crippen LogP contribution < -0.4 is 15.4 Å². The summed E-state index contributed by atoms with van der Waals surface area (Å²) in [7, 11) is 0. The molecule has 0 aromatic heterocycles. The lowest BCUT2D eigenvalue weighted by atomic mass is 9.88. The van der Waals surface area contributed by atoms with Crippen molar-refractivity contribution in [3.8, 4) is 5.75 Å². The maximum Gasteiger partial charge on any atom is 0.258 e. The number of carbonyl (C=O) groups excluding carboxylic acids is 1. The number of ether oxygens (including phenoxy) is 1. The summed E-state index contributed by atoms with van der Waals surface area (Å²) in [6.45, 7) is 2.13. The Bertz CT molecular complexity index is 489. The number of rotatable bonds is 0. The molecule has 114 valence electrons. The van der Waals surface area contributed by atoms with Gasteiger partial charge < -0.3 is 15.4 Å². The average Bonchev–Trinajstić information content (AvgIpc) is 2.51. The molecule has 1 aromatic carbocycles. The largest absolute Gasteiger partial charge is 0.483 e. The third-order valence-corrected chi connectivity index (χ3v) is 4.56. The Labute approximate surface area is 126 Å². The van der Waals surface area contributed by atoms with E-state index < -0.39 is 0 Å². The molecule has 1 aromatic rings. The fourth-order valence-electron chi connectivity index (χ4n) is 3.38. The van der Waals surface area contributed by atoms with E-state index in [-0.39, 0.29) is 12.5 Å². The van der Waals surface area contributed by atoms with E-state index in [4.69, 9.17) is 4.74 Å². The number of fused-ring (bicyclic) bond motifs is 2. The fraction of sp³-hybridized carbons (Fsp3) is 0.588. The lowest BCUT2D eigenvalue weighted by Gasteiger charge is -2.33. The second-order valence-corrected chi connectivity index (χ2v) is 6.07. The van der Waals surface area contributed by atoms with Gasteiger partial charge in [-0.25, -0.2) is 0 Å². The molecule has 2 atom stereocenters. The zero-order valence-corrected chi connectivity index (χ0v) is 12.4. The second-order valence-electron chi connectivity index (χ2n) is 6.07. The van der Waals surface area contributed by atoms with E-state index in [9.17, 15) is 4.79 Å². The van der Waals surface area contributed by atoms with Crippen LogP contribution in [0.1, 0.15) is 31.2 Å². The smallest absolute Gasteiger partial charge is 0.258 e. The van der Waals surface area contributed by atoms with Gasteiger partial charge in [0.2, 0.25) is 0 Å². The Hall–Kier alpha value is -1.55. The van der Waals surface area contributed by atoms with Gasteiger partial charge in [0.05, 0.1) is 0 Å². The van der Waals surface area contributed by atoms with Gasteiger partial charge in [0.25, 0.3) is 5.91 Å². The first kappa shape index (κ1) is 14.4. The van der Waals surface area contributed by atoms with Gasteiger partial charge in [0, 0.05) is 6.04 Å². The van der Waals surface area contributed by atoms with Crippen LogP contribution in [0.4, 0.5) is 0 Å². The van der Waals surface area contributed by atoms with Crippen molar-refractivity contribution in [2.45, 2.75) is 38.1 Å². The number of benzene rings is 1. The molecule has 4 nitrogen and oxygen atoms in total. The monoisotopic (exact) mass is 288 g/mol. The summed E-state index contributed by atoms with van der Waals surface area (Å²) in [5.41, 5.74) is 1.21. The predicted octanol–water partition coefficient (Wildman–Crippen LogP) is 1.89. The number of aryl methyl sites for hydroxylation is 1. The van der Waals surface area contributed by atoms with E-state index in [0.29, 0.717) is 12.0 Å². The van der Waals surface area contributed by atoms with Crippen molar-refractivity contribution in [3.63, 3.8) is 0 Å². The first-order valence-electron chi connectivity index (χ1n) is 8.04. The zero-order valence-electron chi connectivity index (χ0n) is 12.4. The number of carbonyl (C=O) groups is 1. The van der Waals surface area contributed by atoms with Crippen LogP contribution in [-0.4, -0.2) is 31.6 Å². The van der Waals surface area contributed by atoms with Crippen molar-refractivity contribution in [2.75, 3.05) is 19.7 Å². The molecule has 1 saturated heterocycles. The van der Waals surface area contributed by atoms with Gasteiger partial charge in [-0.1, -0.05) is 24.6 Å². The standard InChI is InChI=1S/C17H24N2O2/c20-17-12-21-16-8-4-3-6-13(16)5-1-2-7-14-11-18-10-9-15(14)19-17/h3-4,6,8,14-15,18H,1-2,5,7,9-12H2,(H,19,20)/t14-,15+/m0/s1. The highest BCUT2D eigenvalue weighted by molar-refractivity contribution is 5.78. The number of hydrogen-bond donors (Lipinski definition) is 2. The molecular weight excluding hydrogens is 264 g/mol. The molecule has 21 heavy (non-hydrogen) atoms. The molecule has 0 unspecified atom stereocenters. The number of nitrogens with one attached hydrogen (secondary N) is 2. The molecule has 2 N–H and O–H groups in total. The van der Waals surface area contributed by atoms with Crippen molar-refractivity contribution in [1.29, 1.82) is 0 Å². The minimum atomic E-state index is 0.00211. The van der Waals surface area contributed by atoms with Gasteiger partial charge in [0.1, 0.15) is 5.75 Å². The molecule has 1 amide bonds. The van der Waals surface area contributed by atoms with E-state index in [1.807, 2.05) is 18.2 Å². The van der Waals surface area contributed by atoms with Crippen LogP contribution in [0.15, 0.2) is 24.3 Å². The lowest BCUT2D eigenvalue weighted by Crippen LogP contribution is -2.50. The lowest BCUT2D eigenvalue weighted by molar-refractivity contribution is -0.124. The van der Waals surface area contributed by atoms with Crippen LogP contribution in [0.5, 0.6) is 5.75 Å². The number of piperidine rings is 1. The molecular formula is C17H24N2O2. The van der Waals surface area contributed by atoms with Crippen LogP contribution in [0.3, 0.4) is 0 Å². The average molecular weight is 288 g/mol. The molecule has 0 radical (unpaired) electrons. The minimum Gasteiger partial charge on any atom is -0.483 e. The van der Waals surface area contributed by atoms with E-state index >= 15 is 0 Å². The number of amides is 1. The first-order chi connectivity index (χ1) is 10.3. The highest BCUT2D eigenvalue weighted by Gasteiger charge is 2.26. The van der Waals surface area contributed by atoms with E-state index in [0.717, 1.165) is 31.7 Å². The topological polar surface area (TPSA) is 50.4 Å². The number of hydrogen-bond acceptors (Lipinski definition) is 3. The Morgan fingerprint density at radius 2 is 2.05 bits per heavy atom. The predicted molar refractivity (Wildman–Crippen MR) is 82.4 cm³/mol. The molecule has 0 aliphatic carbocycles. The third kappa shape index (κ3) is 3.76. The summed E-state index contributed by atoms with van der Waals surface area (Å²) in [4.78, 5) is 12.1. The van der Waals surface area contributed by atoms with Gasteiger partial charge in [-0.2, -0.15) is 0 Å². The van der Waals surface area contributed by atoms with Crippen molar-refractivity contribution in [3.05, 3.63) is 29.8 Å². The van der Waals surface area contributed by atoms with Gasteiger partial charge in [-0.15, -0.1) is 0 Å². The highest BCUT2D eigenvalue weighted by Crippen LogP contribution is 2.23. The van der Waals surface area contributed by atoms with Gasteiger partial charge in [0.15, 0.2) is 6.61 Å². The summed E-state index contributed by atoms with van der Waals surface area (Å²) < 4.78 is 5.72. The van der Waals surface area contributed by atoms with Crippen LogP contribution >= 0.6 is 0 Å². The maximum absolute atomic E-state index is 12.1. The molecule has 0 bridgehead atoms. The summed E-state index contributed by atoms with van der Waals surface area (Å²) in [6, 6.07) is 8.36. The third-order valence-electron chi connectivity index (χ3n) is 4.56. The minimum absolute atomic E-state index is 0.00211. The molecule has 1 fully saturated rings. The maximum atomic E-state index is 12.1. The summed E-state index contributed by atoms with van der Waals surface area (Å²) in [5, 5.41) is 6.61. The second kappa shape index (κ2) is 6.94. The summed E-state index contributed by atoms with van der Waals surface area (Å²) in [6.07, 6.45) is 5.61. The Morgan fingerprint density at radius 1 is 1.14 bits per heavy atom. The van der Waals surface area contributed by atoms with Crippen LogP contribution in [-0.2, 0) is 11.2 Å². The zero-order chi connectivity index (χ0) is 14.5. The van der Waals surface area contributed by atoms with Gasteiger partial charge in [-0.05, 0) is 56.3 Å². The number of para-hydroxylation sites is 1. The SMILES string of the molecule is O=C1COc2ccccc2CCCC[C@H]2CNCC[C@H]2N1. The van der Waals surface area contributed by atoms with Gasteiger partial charge >= 0.3 is 0 Å². The van der Waals surface area contributed by atoms with E-state index in [1.54, 1.807) is 0 Å². The Morgan fingerprint density at radius 3 is 3.00 bits per heavy atom. The molecule has 2 aliphatic heterocycles. The van der Waals surface area contributed by atoms with Crippen molar-refractivity contribution >= 4 is 5.91 Å². The first-order valence-corrected chi connectivity index (χ1v) is 8.04. The van der Waals surface area contributed by atoms with Crippen LogP contribution in [0, 0.1) is 5.92 Å². The summed E-state index contributed by atoms with van der Waals surface area (Å²) >= 11 is 0. The van der Waals surface area contributed by atoms with E-state index in [1.165, 1.54) is 24.8 Å². The van der Waals surface area contributed by atoms with Gasteiger partial charge in [-0.3, -0.25) is 4.79 Å². The molecule has 0 saturated carbocycles. The van der Waals surface area contributed by atoms with E-state index in [2.05, 4.69) is 16.7 Å². The normalized spacial score (nSPS) is 27.1. The molecule has 0 spiro atoms. The van der Waals surface area contributed by atoms with Crippen LogP contribution in [0.2, 0.25) is 0 Å². The summed E-state index contributed by atoms with van der Waals surface area (Å²) in [5.74, 6) is 1.41. The quantitative estimate of drug-likeness (QED) is 0.766. The fourth-order valence-corrected chi connectivity index (χ4v) is 3.38. The molecule has 2 aliphatic rings. The highest BCUT2D eigenvalue weighted by atomic mass is 16.5. The molecule has 3 rings (SSSR count). The van der Waals surface area contributed by atoms with Crippen molar-refractivity contribution in [1.82, 2.24) is 10.6 Å².